The molecule has 0 aliphatic rings. The summed E-state index contributed by atoms with van der Waals surface area (Å²) < 4.78 is 1.63. The van der Waals surface area contributed by atoms with Crippen LogP contribution in [-0.4, -0.2) is 45.1 Å². The lowest BCUT2D eigenvalue weighted by Gasteiger charge is -2.16. The maximum Gasteiger partial charge on any atom is 0.185 e. The molecule has 0 radical (unpaired) electrons. The number of hydrogen-bond acceptors (Lipinski definition) is 5. The molecule has 0 atom stereocenters. The van der Waals surface area contributed by atoms with Gasteiger partial charge in [0.15, 0.2) is 11.5 Å². The van der Waals surface area contributed by atoms with Gasteiger partial charge >= 0.3 is 0 Å². The van der Waals surface area contributed by atoms with Crippen LogP contribution in [0, 0.1) is 0 Å². The lowest BCUT2D eigenvalue weighted by atomic mass is 10.2. The second-order valence-electron chi connectivity index (χ2n) is 4.79. The number of aliphatic hydroxyl groups is 1. The van der Waals surface area contributed by atoms with E-state index in [0.717, 1.165) is 5.56 Å². The van der Waals surface area contributed by atoms with E-state index in [-0.39, 0.29) is 6.61 Å². The van der Waals surface area contributed by atoms with Crippen molar-refractivity contribution >= 4 is 34.7 Å². The third kappa shape index (κ3) is 2.85. The summed E-state index contributed by atoms with van der Waals surface area (Å²) in [5.74, 6) is 1.26. The zero-order valence-electron chi connectivity index (χ0n) is 11.7. The summed E-state index contributed by atoms with van der Waals surface area (Å²) in [7, 11) is 1.85. The number of aliphatic hydroxyl groups excluding tert-OH is 1. The first-order valence-corrected chi connectivity index (χ1v) is 7.35. The van der Waals surface area contributed by atoms with Crippen molar-refractivity contribution in [1.82, 2.24) is 19.8 Å². The maximum atomic E-state index is 9.03. The normalized spacial score (nSPS) is 11.1. The highest BCUT2D eigenvalue weighted by atomic mass is 35.5. The molecule has 1 aromatic carbocycles. The highest BCUT2D eigenvalue weighted by Crippen LogP contribution is 2.26. The Kier molecular flexibility index (Phi) is 4.15. The van der Waals surface area contributed by atoms with Crippen molar-refractivity contribution in [1.29, 1.82) is 0 Å². The van der Waals surface area contributed by atoms with Gasteiger partial charge in [-0.25, -0.2) is 0 Å². The van der Waals surface area contributed by atoms with Crippen molar-refractivity contribution in [2.75, 3.05) is 25.1 Å². The molecule has 0 saturated carbocycles. The Bertz CT molecular complexity index is 800. The topological polar surface area (TPSA) is 66.5 Å². The van der Waals surface area contributed by atoms with Crippen LogP contribution < -0.4 is 4.90 Å². The monoisotopic (exact) mass is 337 g/mol. The predicted octanol–water partition coefficient (Wildman–Crippen LogP) is 2.53. The minimum atomic E-state index is 0.0507. The predicted molar refractivity (Wildman–Crippen MR) is 86.6 cm³/mol. The third-order valence-corrected chi connectivity index (χ3v) is 3.63. The molecule has 114 valence electrons. The van der Waals surface area contributed by atoms with Gasteiger partial charge in [-0.05, 0) is 30.3 Å². The molecule has 0 bridgehead atoms. The summed E-state index contributed by atoms with van der Waals surface area (Å²) in [5, 5.41) is 22.8. The molecule has 6 nitrogen and oxygen atoms in total. The number of nitrogens with zero attached hydrogens (tertiary/aromatic N) is 5. The SMILES string of the molecule is CN(CCO)c1ccc2nnc(-c3cc(Cl)cc(Cl)c3)n2n1. The van der Waals surface area contributed by atoms with Crippen LogP contribution in [0.4, 0.5) is 5.82 Å². The van der Waals surface area contributed by atoms with E-state index in [1.54, 1.807) is 22.7 Å². The largest absolute Gasteiger partial charge is 0.395 e. The van der Waals surface area contributed by atoms with Crippen LogP contribution in [0.2, 0.25) is 10.0 Å². The Labute approximate surface area is 136 Å². The van der Waals surface area contributed by atoms with E-state index in [2.05, 4.69) is 15.3 Å². The number of fused-ring (bicyclic) bond motifs is 1. The van der Waals surface area contributed by atoms with E-state index in [1.165, 1.54) is 0 Å². The molecule has 0 aliphatic heterocycles. The fraction of sp³-hybridized carbons (Fsp3) is 0.214. The van der Waals surface area contributed by atoms with Crippen molar-refractivity contribution in [2.24, 2.45) is 0 Å². The number of aromatic nitrogens is 4. The quantitative estimate of drug-likeness (QED) is 0.792. The molecular weight excluding hydrogens is 325 g/mol. The van der Waals surface area contributed by atoms with Gasteiger partial charge in [-0.3, -0.25) is 0 Å². The summed E-state index contributed by atoms with van der Waals surface area (Å²) in [6.45, 7) is 0.536. The van der Waals surface area contributed by atoms with Crippen molar-refractivity contribution in [3.8, 4) is 11.4 Å². The first-order chi connectivity index (χ1) is 10.6. The molecule has 22 heavy (non-hydrogen) atoms. The number of anilines is 1. The minimum absolute atomic E-state index is 0.0507. The lowest BCUT2D eigenvalue weighted by Crippen LogP contribution is -2.22. The number of halogens is 2. The molecule has 3 aromatic rings. The van der Waals surface area contributed by atoms with Crippen LogP contribution >= 0.6 is 23.2 Å². The van der Waals surface area contributed by atoms with E-state index in [0.29, 0.717) is 33.9 Å². The molecule has 8 heteroatoms. The van der Waals surface area contributed by atoms with Crippen LogP contribution in [-0.2, 0) is 0 Å². The van der Waals surface area contributed by atoms with Crippen molar-refractivity contribution in [3.63, 3.8) is 0 Å². The zero-order chi connectivity index (χ0) is 15.7. The molecule has 3 rings (SSSR count). The Hall–Kier alpha value is -1.89. The molecule has 0 unspecified atom stereocenters. The van der Waals surface area contributed by atoms with E-state index in [9.17, 15) is 0 Å². The van der Waals surface area contributed by atoms with Gasteiger partial charge in [0.2, 0.25) is 0 Å². The Morgan fingerprint density at radius 3 is 2.55 bits per heavy atom. The van der Waals surface area contributed by atoms with Crippen LogP contribution in [0.25, 0.3) is 17.0 Å². The lowest BCUT2D eigenvalue weighted by molar-refractivity contribution is 0.303. The van der Waals surface area contributed by atoms with Crippen LogP contribution in [0.5, 0.6) is 0 Å². The third-order valence-electron chi connectivity index (χ3n) is 3.20. The van der Waals surface area contributed by atoms with Gasteiger partial charge in [0.05, 0.1) is 6.61 Å². The van der Waals surface area contributed by atoms with Crippen molar-refractivity contribution in [2.45, 2.75) is 0 Å². The van der Waals surface area contributed by atoms with Gasteiger partial charge in [-0.2, -0.15) is 4.52 Å². The summed E-state index contributed by atoms with van der Waals surface area (Å²) in [4.78, 5) is 1.84. The standard InChI is InChI=1S/C14H13Cl2N5O/c1-20(4-5-22)13-3-2-12-17-18-14(21(12)19-13)9-6-10(15)8-11(16)7-9/h2-3,6-8,22H,4-5H2,1H3. The van der Waals surface area contributed by atoms with Gasteiger partial charge in [-0.15, -0.1) is 15.3 Å². The molecule has 2 heterocycles. The smallest absolute Gasteiger partial charge is 0.185 e. The molecule has 0 spiro atoms. The average Bonchev–Trinajstić information content (AvgIpc) is 2.89. The van der Waals surface area contributed by atoms with E-state index >= 15 is 0 Å². The second-order valence-corrected chi connectivity index (χ2v) is 5.66. The molecule has 0 fully saturated rings. The summed E-state index contributed by atoms with van der Waals surface area (Å²) >= 11 is 12.1. The zero-order valence-corrected chi connectivity index (χ0v) is 13.3. The fourth-order valence-corrected chi connectivity index (χ4v) is 2.64. The van der Waals surface area contributed by atoms with E-state index < -0.39 is 0 Å². The number of rotatable bonds is 4. The number of benzene rings is 1. The van der Waals surface area contributed by atoms with Gasteiger partial charge in [-0.1, -0.05) is 23.2 Å². The minimum Gasteiger partial charge on any atom is -0.395 e. The van der Waals surface area contributed by atoms with Crippen LogP contribution in [0.3, 0.4) is 0 Å². The molecule has 1 N–H and O–H groups in total. The number of hydrogen-bond donors (Lipinski definition) is 1. The molecular formula is C14H13Cl2N5O. The Morgan fingerprint density at radius 1 is 1.14 bits per heavy atom. The summed E-state index contributed by atoms with van der Waals surface area (Å²) in [5.41, 5.74) is 1.35. The van der Waals surface area contributed by atoms with Crippen molar-refractivity contribution < 1.29 is 5.11 Å². The summed E-state index contributed by atoms with van der Waals surface area (Å²) in [6, 6.07) is 8.82. The van der Waals surface area contributed by atoms with Crippen LogP contribution in [0.1, 0.15) is 0 Å². The summed E-state index contributed by atoms with van der Waals surface area (Å²) in [6.07, 6.45) is 0. The van der Waals surface area contributed by atoms with Gasteiger partial charge in [0, 0.05) is 29.2 Å². The van der Waals surface area contributed by atoms with Gasteiger partial charge < -0.3 is 10.0 Å². The van der Waals surface area contributed by atoms with Crippen LogP contribution in [0.15, 0.2) is 30.3 Å². The molecule has 2 aromatic heterocycles. The van der Waals surface area contributed by atoms with Gasteiger partial charge in [0.1, 0.15) is 5.82 Å². The molecule has 0 amide bonds. The first-order valence-electron chi connectivity index (χ1n) is 6.59. The van der Waals surface area contributed by atoms with E-state index in [4.69, 9.17) is 28.3 Å². The highest BCUT2D eigenvalue weighted by Gasteiger charge is 2.12. The first kappa shape index (κ1) is 15.0. The second kappa shape index (κ2) is 6.08. The maximum absolute atomic E-state index is 9.03. The average molecular weight is 338 g/mol. The Balaban J connectivity index is 2.12. The molecule has 0 aliphatic carbocycles. The Morgan fingerprint density at radius 2 is 1.86 bits per heavy atom. The number of likely N-dealkylation sites (N-methyl/N-ethyl adjacent to an activating group) is 1. The highest BCUT2D eigenvalue weighted by molar-refractivity contribution is 6.35. The molecule has 0 saturated heterocycles. The van der Waals surface area contributed by atoms with Crippen molar-refractivity contribution in [3.05, 3.63) is 40.4 Å². The van der Waals surface area contributed by atoms with Gasteiger partial charge in [0.25, 0.3) is 0 Å². The van der Waals surface area contributed by atoms with E-state index in [1.807, 2.05) is 24.1 Å². The fourth-order valence-electron chi connectivity index (χ4n) is 2.11.